The van der Waals surface area contributed by atoms with E-state index >= 15 is 0 Å². The van der Waals surface area contributed by atoms with Crippen molar-refractivity contribution in [2.75, 3.05) is 5.75 Å². The first-order valence-corrected chi connectivity index (χ1v) is 5.38. The van der Waals surface area contributed by atoms with Gasteiger partial charge in [0, 0.05) is 10.2 Å². The summed E-state index contributed by atoms with van der Waals surface area (Å²) in [5, 5.41) is 8.73. The molecule has 0 saturated heterocycles. The van der Waals surface area contributed by atoms with Crippen molar-refractivity contribution in [3.8, 4) is 0 Å². The number of carbonyl (C=O) groups is 1. The van der Waals surface area contributed by atoms with Crippen LogP contribution in [0.15, 0.2) is 28.7 Å². The van der Waals surface area contributed by atoms with Crippen LogP contribution < -0.4 is 0 Å². The minimum Gasteiger partial charge on any atom is -0.478 e. The van der Waals surface area contributed by atoms with E-state index in [0.717, 1.165) is 10.0 Å². The standard InChI is InChI=1S/C10H9BrO2S/c11-9-6-8(10(12)13)4-3-7(9)2-1-5-14/h1-4,6,14H,5H2,(H,12,13). The first kappa shape index (κ1) is 11.3. The zero-order valence-electron chi connectivity index (χ0n) is 7.27. The van der Waals surface area contributed by atoms with E-state index in [-0.39, 0.29) is 5.56 Å². The molecule has 14 heavy (non-hydrogen) atoms. The molecule has 4 heteroatoms. The Balaban J connectivity index is 3.01. The summed E-state index contributed by atoms with van der Waals surface area (Å²) in [7, 11) is 0. The van der Waals surface area contributed by atoms with Crippen molar-refractivity contribution in [3.05, 3.63) is 39.9 Å². The van der Waals surface area contributed by atoms with Crippen LogP contribution in [0.1, 0.15) is 15.9 Å². The highest BCUT2D eigenvalue weighted by molar-refractivity contribution is 9.10. The third kappa shape index (κ3) is 2.89. The largest absolute Gasteiger partial charge is 0.478 e. The highest BCUT2D eigenvalue weighted by Gasteiger charge is 2.04. The molecule has 0 aliphatic rings. The van der Waals surface area contributed by atoms with Gasteiger partial charge in [-0.3, -0.25) is 0 Å². The summed E-state index contributed by atoms with van der Waals surface area (Å²) < 4.78 is 0.774. The number of halogens is 1. The molecule has 0 heterocycles. The van der Waals surface area contributed by atoms with Crippen LogP contribution in [-0.4, -0.2) is 16.8 Å². The molecule has 0 atom stereocenters. The van der Waals surface area contributed by atoms with Crippen LogP contribution in [0.3, 0.4) is 0 Å². The summed E-state index contributed by atoms with van der Waals surface area (Å²) >= 11 is 7.35. The van der Waals surface area contributed by atoms with Crippen molar-refractivity contribution < 1.29 is 9.90 Å². The van der Waals surface area contributed by atoms with Gasteiger partial charge in [-0.25, -0.2) is 4.79 Å². The van der Waals surface area contributed by atoms with Crippen molar-refractivity contribution in [1.29, 1.82) is 0 Å². The maximum absolute atomic E-state index is 10.6. The molecular formula is C10H9BrO2S. The van der Waals surface area contributed by atoms with Crippen LogP contribution in [0.2, 0.25) is 0 Å². The first-order valence-electron chi connectivity index (χ1n) is 3.95. The number of rotatable bonds is 3. The van der Waals surface area contributed by atoms with Gasteiger partial charge in [0.2, 0.25) is 0 Å². The fraction of sp³-hybridized carbons (Fsp3) is 0.100. The van der Waals surface area contributed by atoms with Crippen molar-refractivity contribution in [3.63, 3.8) is 0 Å². The van der Waals surface area contributed by atoms with Crippen LogP contribution in [0.25, 0.3) is 6.08 Å². The lowest BCUT2D eigenvalue weighted by Crippen LogP contribution is -1.95. The van der Waals surface area contributed by atoms with Gasteiger partial charge in [-0.15, -0.1) is 0 Å². The smallest absolute Gasteiger partial charge is 0.335 e. The van der Waals surface area contributed by atoms with Crippen molar-refractivity contribution in [2.24, 2.45) is 0 Å². The fourth-order valence-corrected chi connectivity index (χ4v) is 1.59. The van der Waals surface area contributed by atoms with Gasteiger partial charge in [-0.2, -0.15) is 12.6 Å². The van der Waals surface area contributed by atoms with Gasteiger partial charge in [0.25, 0.3) is 0 Å². The van der Waals surface area contributed by atoms with Crippen LogP contribution in [0.5, 0.6) is 0 Å². The van der Waals surface area contributed by atoms with Crippen LogP contribution >= 0.6 is 28.6 Å². The lowest BCUT2D eigenvalue weighted by atomic mass is 10.1. The molecule has 1 aromatic carbocycles. The van der Waals surface area contributed by atoms with E-state index < -0.39 is 5.97 Å². The van der Waals surface area contributed by atoms with E-state index in [2.05, 4.69) is 28.6 Å². The monoisotopic (exact) mass is 272 g/mol. The Kier molecular flexibility index (Phi) is 4.22. The van der Waals surface area contributed by atoms with Crippen molar-refractivity contribution in [1.82, 2.24) is 0 Å². The SMILES string of the molecule is O=C(O)c1ccc(C=CCS)c(Br)c1. The Labute approximate surface area is 96.2 Å². The summed E-state index contributed by atoms with van der Waals surface area (Å²) in [6, 6.07) is 4.92. The average Bonchev–Trinajstić information content (AvgIpc) is 2.15. The summed E-state index contributed by atoms with van der Waals surface area (Å²) in [6.45, 7) is 0. The molecule has 1 aromatic rings. The van der Waals surface area contributed by atoms with E-state index in [0.29, 0.717) is 5.75 Å². The molecule has 0 aromatic heterocycles. The predicted molar refractivity (Wildman–Crippen MR) is 64.0 cm³/mol. The minimum absolute atomic E-state index is 0.278. The van der Waals surface area contributed by atoms with E-state index in [1.807, 2.05) is 12.2 Å². The number of carboxylic acids is 1. The van der Waals surface area contributed by atoms with Crippen LogP contribution in [0, 0.1) is 0 Å². The molecular weight excluding hydrogens is 264 g/mol. The molecule has 0 aliphatic heterocycles. The minimum atomic E-state index is -0.921. The second-order valence-corrected chi connectivity index (χ2v) is 3.85. The van der Waals surface area contributed by atoms with Gasteiger partial charge in [0.15, 0.2) is 0 Å². The molecule has 0 amide bonds. The molecule has 0 fully saturated rings. The highest BCUT2D eigenvalue weighted by Crippen LogP contribution is 2.20. The second kappa shape index (κ2) is 5.22. The number of aromatic carboxylic acids is 1. The summed E-state index contributed by atoms with van der Waals surface area (Å²) in [5.41, 5.74) is 1.23. The summed E-state index contributed by atoms with van der Waals surface area (Å²) in [5.74, 6) is -0.261. The molecule has 2 nitrogen and oxygen atoms in total. The first-order chi connectivity index (χ1) is 6.65. The second-order valence-electron chi connectivity index (χ2n) is 2.63. The Bertz CT molecular complexity index is 374. The number of thiol groups is 1. The molecule has 0 bridgehead atoms. The van der Waals surface area contributed by atoms with E-state index in [1.165, 1.54) is 0 Å². The molecule has 1 rings (SSSR count). The lowest BCUT2D eigenvalue weighted by Gasteiger charge is -2.00. The Hall–Kier alpha value is -0.740. The zero-order chi connectivity index (χ0) is 10.6. The Morgan fingerprint density at radius 1 is 1.57 bits per heavy atom. The number of benzene rings is 1. The molecule has 0 aliphatic carbocycles. The van der Waals surface area contributed by atoms with Crippen LogP contribution in [0.4, 0.5) is 0 Å². The van der Waals surface area contributed by atoms with Gasteiger partial charge in [-0.05, 0) is 17.7 Å². The topological polar surface area (TPSA) is 37.3 Å². The number of hydrogen-bond donors (Lipinski definition) is 2. The highest BCUT2D eigenvalue weighted by atomic mass is 79.9. The van der Waals surface area contributed by atoms with E-state index in [4.69, 9.17) is 5.11 Å². The Morgan fingerprint density at radius 2 is 2.29 bits per heavy atom. The van der Waals surface area contributed by atoms with E-state index in [1.54, 1.807) is 18.2 Å². The molecule has 0 saturated carbocycles. The molecule has 0 spiro atoms. The summed E-state index contributed by atoms with van der Waals surface area (Å²) in [4.78, 5) is 10.6. The van der Waals surface area contributed by atoms with Crippen molar-refractivity contribution in [2.45, 2.75) is 0 Å². The molecule has 0 radical (unpaired) electrons. The van der Waals surface area contributed by atoms with Gasteiger partial charge < -0.3 is 5.11 Å². The fourth-order valence-electron chi connectivity index (χ4n) is 0.975. The van der Waals surface area contributed by atoms with Gasteiger partial charge in [0.1, 0.15) is 0 Å². The van der Waals surface area contributed by atoms with Gasteiger partial charge >= 0.3 is 5.97 Å². The van der Waals surface area contributed by atoms with E-state index in [9.17, 15) is 4.79 Å². The van der Waals surface area contributed by atoms with Gasteiger partial charge in [-0.1, -0.05) is 34.1 Å². The van der Waals surface area contributed by atoms with Crippen molar-refractivity contribution >= 4 is 40.6 Å². The van der Waals surface area contributed by atoms with Crippen LogP contribution in [-0.2, 0) is 0 Å². The predicted octanol–water partition coefficient (Wildman–Crippen LogP) is 3.09. The lowest BCUT2D eigenvalue weighted by molar-refractivity contribution is 0.0697. The normalized spacial score (nSPS) is 10.7. The number of hydrogen-bond acceptors (Lipinski definition) is 2. The third-order valence-corrected chi connectivity index (χ3v) is 2.55. The number of carboxylic acid groups (broad SMARTS) is 1. The maximum atomic E-state index is 10.6. The average molecular weight is 273 g/mol. The molecule has 0 unspecified atom stereocenters. The third-order valence-electron chi connectivity index (χ3n) is 1.65. The maximum Gasteiger partial charge on any atom is 0.335 e. The summed E-state index contributed by atoms with van der Waals surface area (Å²) in [6.07, 6.45) is 3.78. The molecule has 1 N–H and O–H groups in total. The van der Waals surface area contributed by atoms with Gasteiger partial charge in [0.05, 0.1) is 5.56 Å². The Morgan fingerprint density at radius 3 is 2.79 bits per heavy atom. The quantitative estimate of drug-likeness (QED) is 0.830. The zero-order valence-corrected chi connectivity index (χ0v) is 9.75. The molecule has 74 valence electrons.